The fourth-order valence-corrected chi connectivity index (χ4v) is 5.85. The fraction of sp³-hybridized carbons (Fsp3) is 0.917. The molecule has 47 heavy (non-hydrogen) atoms. The normalized spacial score (nSPS) is 24.3. The first-order valence-corrected chi connectivity index (χ1v) is 18.6. The van der Waals surface area contributed by atoms with Gasteiger partial charge in [0.15, 0.2) is 6.29 Å². The first-order chi connectivity index (χ1) is 22.7. The summed E-state index contributed by atoms with van der Waals surface area (Å²) in [5.74, 6) is -0.712. The van der Waals surface area contributed by atoms with Crippen molar-refractivity contribution in [3.05, 3.63) is 12.2 Å². The van der Waals surface area contributed by atoms with E-state index in [0.717, 1.165) is 38.5 Å². The minimum absolute atomic E-state index is 0.256. The summed E-state index contributed by atoms with van der Waals surface area (Å²) >= 11 is 0. The van der Waals surface area contributed by atoms with Crippen LogP contribution in [-0.2, 0) is 14.3 Å². The van der Waals surface area contributed by atoms with E-state index in [1.54, 1.807) is 0 Å². The molecule has 1 heterocycles. The molecule has 9 unspecified atom stereocenters. The van der Waals surface area contributed by atoms with Crippen molar-refractivity contribution in [2.45, 2.75) is 197 Å². The van der Waals surface area contributed by atoms with Crippen molar-refractivity contribution in [1.82, 2.24) is 5.32 Å². The Morgan fingerprint density at radius 1 is 0.723 bits per heavy atom. The lowest BCUT2D eigenvalue weighted by atomic mass is 9.98. The molecule has 0 radical (unpaired) electrons. The number of carbonyl (C=O) groups is 1. The van der Waals surface area contributed by atoms with Crippen LogP contribution in [0, 0.1) is 0 Å². The smallest absolute Gasteiger partial charge is 0.249 e. The summed E-state index contributed by atoms with van der Waals surface area (Å²) < 4.78 is 11.0. The van der Waals surface area contributed by atoms with Gasteiger partial charge in [-0.1, -0.05) is 116 Å². The second-order valence-corrected chi connectivity index (χ2v) is 13.3. The van der Waals surface area contributed by atoms with E-state index in [4.69, 9.17) is 9.47 Å². The first-order valence-electron chi connectivity index (χ1n) is 18.6. The van der Waals surface area contributed by atoms with Crippen LogP contribution in [-0.4, -0.2) is 110 Å². The average Bonchev–Trinajstić information content (AvgIpc) is 3.07. The third kappa shape index (κ3) is 19.0. The highest BCUT2D eigenvalue weighted by Gasteiger charge is 2.44. The van der Waals surface area contributed by atoms with E-state index in [1.165, 1.54) is 64.2 Å². The Morgan fingerprint density at radius 2 is 1.26 bits per heavy atom. The molecule has 0 bridgehead atoms. The summed E-state index contributed by atoms with van der Waals surface area (Å²) in [5.41, 5.74) is 0. The second-order valence-electron chi connectivity index (χ2n) is 13.3. The van der Waals surface area contributed by atoms with Gasteiger partial charge >= 0.3 is 0 Å². The van der Waals surface area contributed by atoms with E-state index in [-0.39, 0.29) is 12.8 Å². The zero-order chi connectivity index (χ0) is 34.9. The predicted octanol–water partition coefficient (Wildman–Crippen LogP) is 3.77. The molecule has 11 heteroatoms. The largest absolute Gasteiger partial charge is 0.394 e. The van der Waals surface area contributed by atoms with Gasteiger partial charge in [0.2, 0.25) is 5.91 Å². The molecule has 1 fully saturated rings. The number of nitrogens with one attached hydrogen (secondary N) is 1. The zero-order valence-electron chi connectivity index (χ0n) is 29.3. The van der Waals surface area contributed by atoms with Gasteiger partial charge in [-0.25, -0.2) is 0 Å². The molecule has 0 aromatic rings. The van der Waals surface area contributed by atoms with E-state index in [0.29, 0.717) is 12.8 Å². The van der Waals surface area contributed by atoms with Crippen molar-refractivity contribution >= 4 is 5.91 Å². The van der Waals surface area contributed by atoms with Crippen molar-refractivity contribution < 1.29 is 50.0 Å². The Hall–Kier alpha value is -1.15. The highest BCUT2D eigenvalue weighted by atomic mass is 16.7. The highest BCUT2D eigenvalue weighted by molar-refractivity contribution is 5.80. The van der Waals surface area contributed by atoms with Crippen LogP contribution in [0.1, 0.15) is 142 Å². The van der Waals surface area contributed by atoms with Crippen LogP contribution in [0.4, 0.5) is 0 Å². The van der Waals surface area contributed by atoms with Gasteiger partial charge in [0.25, 0.3) is 0 Å². The number of ether oxygens (including phenoxy) is 2. The summed E-state index contributed by atoms with van der Waals surface area (Å²) in [6.45, 7) is 3.33. The minimum atomic E-state index is -1.66. The van der Waals surface area contributed by atoms with Crippen molar-refractivity contribution in [3.8, 4) is 0 Å². The van der Waals surface area contributed by atoms with Crippen molar-refractivity contribution in [2.24, 2.45) is 0 Å². The highest BCUT2D eigenvalue weighted by Crippen LogP contribution is 2.23. The summed E-state index contributed by atoms with van der Waals surface area (Å²) in [5, 5.41) is 74.9. The monoisotopic (exact) mass is 675 g/mol. The van der Waals surface area contributed by atoms with Crippen molar-refractivity contribution in [2.75, 3.05) is 13.2 Å². The van der Waals surface area contributed by atoms with Gasteiger partial charge in [-0.2, -0.15) is 0 Å². The molecular weight excluding hydrogens is 606 g/mol. The maximum Gasteiger partial charge on any atom is 0.249 e. The van der Waals surface area contributed by atoms with E-state index in [2.05, 4.69) is 31.3 Å². The molecule has 1 aliphatic heterocycles. The van der Waals surface area contributed by atoms with Gasteiger partial charge in [0.1, 0.15) is 36.6 Å². The zero-order valence-corrected chi connectivity index (χ0v) is 29.3. The van der Waals surface area contributed by atoms with Gasteiger partial charge in [-0.3, -0.25) is 4.79 Å². The van der Waals surface area contributed by atoms with Gasteiger partial charge in [-0.05, 0) is 38.5 Å². The van der Waals surface area contributed by atoms with Crippen LogP contribution < -0.4 is 5.32 Å². The molecule has 0 spiro atoms. The van der Waals surface area contributed by atoms with Gasteiger partial charge < -0.3 is 50.5 Å². The van der Waals surface area contributed by atoms with Crippen LogP contribution in [0.5, 0.6) is 0 Å². The van der Waals surface area contributed by atoms with E-state index < -0.39 is 74.2 Å². The van der Waals surface area contributed by atoms with Crippen LogP contribution in [0.2, 0.25) is 0 Å². The lowest BCUT2D eigenvalue weighted by Gasteiger charge is -2.40. The molecule has 0 aliphatic carbocycles. The van der Waals surface area contributed by atoms with Crippen LogP contribution in [0.25, 0.3) is 0 Å². The topological polar surface area (TPSA) is 189 Å². The molecular formula is C36H69NO10. The molecule has 1 amide bonds. The summed E-state index contributed by atoms with van der Waals surface area (Å²) in [7, 11) is 0. The lowest BCUT2D eigenvalue weighted by Crippen LogP contribution is -2.60. The van der Waals surface area contributed by atoms with Crippen LogP contribution in [0.3, 0.4) is 0 Å². The van der Waals surface area contributed by atoms with E-state index >= 15 is 0 Å². The number of hydrogen-bond acceptors (Lipinski definition) is 10. The number of unbranched alkanes of at least 4 members (excludes halogenated alkanes) is 15. The summed E-state index contributed by atoms with van der Waals surface area (Å²) in [4.78, 5) is 12.9. The molecule has 1 saturated heterocycles. The number of aliphatic hydroxyl groups excluding tert-OH is 7. The maximum absolute atomic E-state index is 12.9. The average molecular weight is 676 g/mol. The minimum Gasteiger partial charge on any atom is -0.394 e. The van der Waals surface area contributed by atoms with Crippen molar-refractivity contribution in [3.63, 3.8) is 0 Å². The van der Waals surface area contributed by atoms with E-state index in [1.807, 2.05) is 0 Å². The Labute approximate surface area is 283 Å². The number of rotatable bonds is 29. The Balaban J connectivity index is 2.63. The number of allylic oxidation sites excluding steroid dienone is 2. The van der Waals surface area contributed by atoms with Crippen LogP contribution in [0.15, 0.2) is 12.2 Å². The third-order valence-corrected chi connectivity index (χ3v) is 9.07. The molecule has 0 aromatic carbocycles. The molecule has 0 aromatic heterocycles. The SMILES string of the molecule is CCCCCCC/C=C/CCCC(O)C(O)C(COC1OC(CO)C(O)C(O)C1O)NC(=O)C(O)CCCCCCCCCCCC. The molecule has 11 nitrogen and oxygen atoms in total. The van der Waals surface area contributed by atoms with Gasteiger partial charge in [0.05, 0.1) is 25.4 Å². The Morgan fingerprint density at radius 3 is 1.83 bits per heavy atom. The van der Waals surface area contributed by atoms with Gasteiger partial charge in [0, 0.05) is 0 Å². The Bertz CT molecular complexity index is 785. The molecule has 278 valence electrons. The third-order valence-electron chi connectivity index (χ3n) is 9.07. The van der Waals surface area contributed by atoms with Crippen LogP contribution >= 0.6 is 0 Å². The molecule has 0 saturated carbocycles. The summed E-state index contributed by atoms with van der Waals surface area (Å²) in [6, 6.07) is -1.18. The number of amides is 1. The van der Waals surface area contributed by atoms with E-state index in [9.17, 15) is 40.5 Å². The number of carbonyl (C=O) groups excluding carboxylic acids is 1. The second kappa shape index (κ2) is 27.6. The molecule has 1 rings (SSSR count). The fourth-order valence-electron chi connectivity index (χ4n) is 5.85. The van der Waals surface area contributed by atoms with Gasteiger partial charge in [-0.15, -0.1) is 0 Å². The predicted molar refractivity (Wildman–Crippen MR) is 182 cm³/mol. The standard InChI is InChI=1S/C36H69NO10/c1-3-5-7-9-11-13-15-17-19-21-23-28(39)31(41)27(26-46-36-34(44)33(43)32(42)30(25-38)47-36)37-35(45)29(40)24-22-20-18-16-14-12-10-8-6-4-2/h15,17,27-34,36,38-44H,3-14,16,18-26H2,1-2H3,(H,37,45)/b17-15+. The lowest BCUT2D eigenvalue weighted by molar-refractivity contribution is -0.303. The number of aliphatic hydroxyl groups is 7. The Kier molecular flexibility index (Phi) is 25.8. The molecule has 1 aliphatic rings. The van der Waals surface area contributed by atoms with Crippen molar-refractivity contribution in [1.29, 1.82) is 0 Å². The summed E-state index contributed by atoms with van der Waals surface area (Å²) in [6.07, 6.45) is 12.9. The maximum atomic E-state index is 12.9. The molecule has 9 atom stereocenters. The first kappa shape index (κ1) is 43.9. The quantitative estimate of drug-likeness (QED) is 0.0428. The number of hydrogen-bond donors (Lipinski definition) is 8. The molecule has 8 N–H and O–H groups in total.